The van der Waals surface area contributed by atoms with Crippen molar-refractivity contribution >= 4 is 5.69 Å². The highest BCUT2D eigenvalue weighted by molar-refractivity contribution is 5.50. The van der Waals surface area contributed by atoms with E-state index in [-0.39, 0.29) is 0 Å². The zero-order chi connectivity index (χ0) is 11.7. The van der Waals surface area contributed by atoms with E-state index in [1.807, 2.05) is 12.1 Å². The Morgan fingerprint density at radius 2 is 2.18 bits per heavy atom. The van der Waals surface area contributed by atoms with Crippen LogP contribution in [-0.4, -0.2) is 17.6 Å². The summed E-state index contributed by atoms with van der Waals surface area (Å²) in [6.07, 6.45) is 8.52. The Kier molecular flexibility index (Phi) is 2.72. The number of rotatable bonds is 1. The van der Waals surface area contributed by atoms with Crippen LogP contribution in [0.15, 0.2) is 18.3 Å². The van der Waals surface area contributed by atoms with Gasteiger partial charge < -0.3 is 4.90 Å². The SMILES string of the molecule is N#Cc1cc(N2CCC3CCCCC32)ccn1. The van der Waals surface area contributed by atoms with E-state index >= 15 is 0 Å². The monoisotopic (exact) mass is 227 g/mol. The highest BCUT2D eigenvalue weighted by Crippen LogP contribution is 2.38. The summed E-state index contributed by atoms with van der Waals surface area (Å²) >= 11 is 0. The van der Waals surface area contributed by atoms with E-state index in [9.17, 15) is 0 Å². The Bertz CT molecular complexity index is 449. The molecule has 2 fully saturated rings. The van der Waals surface area contributed by atoms with Gasteiger partial charge in [-0.2, -0.15) is 5.26 Å². The van der Waals surface area contributed by atoms with Crippen LogP contribution in [0, 0.1) is 17.2 Å². The van der Waals surface area contributed by atoms with Crippen molar-refractivity contribution in [2.24, 2.45) is 5.92 Å². The lowest BCUT2D eigenvalue weighted by atomic mass is 9.85. The van der Waals surface area contributed by atoms with E-state index < -0.39 is 0 Å². The molecular weight excluding hydrogens is 210 g/mol. The maximum atomic E-state index is 8.91. The van der Waals surface area contributed by atoms with Gasteiger partial charge in [-0.1, -0.05) is 12.8 Å². The van der Waals surface area contributed by atoms with Crippen LogP contribution in [0.3, 0.4) is 0 Å². The average molecular weight is 227 g/mol. The van der Waals surface area contributed by atoms with Gasteiger partial charge in [0.25, 0.3) is 0 Å². The van der Waals surface area contributed by atoms with Gasteiger partial charge >= 0.3 is 0 Å². The molecule has 1 aliphatic carbocycles. The molecule has 2 atom stereocenters. The van der Waals surface area contributed by atoms with E-state index in [0.29, 0.717) is 11.7 Å². The fraction of sp³-hybridized carbons (Fsp3) is 0.571. The third-order valence-electron chi connectivity index (χ3n) is 4.20. The fourth-order valence-corrected chi connectivity index (χ4v) is 3.39. The largest absolute Gasteiger partial charge is 0.368 e. The topological polar surface area (TPSA) is 39.9 Å². The number of hydrogen-bond donors (Lipinski definition) is 0. The first-order valence-electron chi connectivity index (χ1n) is 6.51. The maximum absolute atomic E-state index is 8.91. The molecule has 1 aliphatic heterocycles. The number of pyridine rings is 1. The van der Waals surface area contributed by atoms with Gasteiger partial charge in [-0.15, -0.1) is 0 Å². The highest BCUT2D eigenvalue weighted by Gasteiger charge is 2.35. The third kappa shape index (κ3) is 1.88. The van der Waals surface area contributed by atoms with Crippen molar-refractivity contribution in [3.8, 4) is 6.07 Å². The second-order valence-corrected chi connectivity index (χ2v) is 5.11. The minimum atomic E-state index is 0.529. The van der Waals surface area contributed by atoms with Crippen molar-refractivity contribution in [2.45, 2.75) is 38.1 Å². The van der Waals surface area contributed by atoms with E-state index in [0.717, 1.165) is 12.5 Å². The molecule has 0 amide bonds. The lowest BCUT2D eigenvalue weighted by molar-refractivity contribution is 0.342. The van der Waals surface area contributed by atoms with Gasteiger partial charge in [0.2, 0.25) is 0 Å². The molecule has 1 saturated heterocycles. The second kappa shape index (κ2) is 4.37. The standard InChI is InChI=1S/C14H17N3/c15-10-12-9-13(5-7-16-12)17-8-6-11-3-1-2-4-14(11)17/h5,7,9,11,14H,1-4,6,8H2. The molecule has 0 radical (unpaired) electrons. The molecule has 1 aromatic heterocycles. The molecule has 88 valence electrons. The van der Waals surface area contributed by atoms with Crippen LogP contribution in [0.2, 0.25) is 0 Å². The number of anilines is 1. The molecule has 1 saturated carbocycles. The number of hydrogen-bond acceptors (Lipinski definition) is 3. The Balaban J connectivity index is 1.86. The smallest absolute Gasteiger partial charge is 0.142 e. The first-order valence-corrected chi connectivity index (χ1v) is 6.51. The molecule has 2 unspecified atom stereocenters. The Hall–Kier alpha value is -1.56. The molecule has 3 nitrogen and oxygen atoms in total. The second-order valence-electron chi connectivity index (χ2n) is 5.11. The van der Waals surface area contributed by atoms with Crippen molar-refractivity contribution < 1.29 is 0 Å². The van der Waals surface area contributed by atoms with Crippen molar-refractivity contribution in [2.75, 3.05) is 11.4 Å². The first kappa shape index (κ1) is 10.6. The molecule has 3 heteroatoms. The summed E-state index contributed by atoms with van der Waals surface area (Å²) < 4.78 is 0. The molecule has 0 spiro atoms. The highest BCUT2D eigenvalue weighted by atomic mass is 15.2. The van der Waals surface area contributed by atoms with Gasteiger partial charge in [0.05, 0.1) is 0 Å². The predicted octanol–water partition coefficient (Wildman–Crippen LogP) is 2.72. The lowest BCUT2D eigenvalue weighted by Gasteiger charge is -2.33. The van der Waals surface area contributed by atoms with E-state index in [2.05, 4.69) is 16.0 Å². The molecule has 0 N–H and O–H groups in total. The van der Waals surface area contributed by atoms with Crippen molar-refractivity contribution in [1.82, 2.24) is 4.98 Å². The van der Waals surface area contributed by atoms with E-state index in [4.69, 9.17) is 5.26 Å². The van der Waals surface area contributed by atoms with Gasteiger partial charge in [-0.3, -0.25) is 0 Å². The maximum Gasteiger partial charge on any atom is 0.142 e. The lowest BCUT2D eigenvalue weighted by Crippen LogP contribution is -2.34. The quantitative estimate of drug-likeness (QED) is 0.740. The van der Waals surface area contributed by atoms with Gasteiger partial charge in [0.1, 0.15) is 11.8 Å². The zero-order valence-electron chi connectivity index (χ0n) is 9.97. The van der Waals surface area contributed by atoms with Crippen LogP contribution in [0.4, 0.5) is 5.69 Å². The third-order valence-corrected chi connectivity index (χ3v) is 4.20. The summed E-state index contributed by atoms with van der Waals surface area (Å²) in [6, 6.07) is 6.80. The molecule has 1 aromatic rings. The van der Waals surface area contributed by atoms with Crippen LogP contribution in [0.5, 0.6) is 0 Å². The normalized spacial score (nSPS) is 27.6. The molecule has 17 heavy (non-hydrogen) atoms. The molecule has 0 aromatic carbocycles. The summed E-state index contributed by atoms with van der Waals surface area (Å²) in [7, 11) is 0. The van der Waals surface area contributed by atoms with Crippen molar-refractivity contribution in [1.29, 1.82) is 5.26 Å². The molecule has 3 rings (SSSR count). The van der Waals surface area contributed by atoms with Gasteiger partial charge in [-0.05, 0) is 37.3 Å². The molecule has 0 bridgehead atoms. The van der Waals surface area contributed by atoms with Crippen molar-refractivity contribution in [3.63, 3.8) is 0 Å². The van der Waals surface area contributed by atoms with Gasteiger partial charge in [0.15, 0.2) is 0 Å². The predicted molar refractivity (Wildman–Crippen MR) is 66.7 cm³/mol. The van der Waals surface area contributed by atoms with Crippen LogP contribution < -0.4 is 4.90 Å². The first-order chi connectivity index (χ1) is 8.38. The van der Waals surface area contributed by atoms with Crippen LogP contribution in [-0.2, 0) is 0 Å². The van der Waals surface area contributed by atoms with Crippen LogP contribution in [0.1, 0.15) is 37.8 Å². The molecular formula is C14H17N3. The van der Waals surface area contributed by atoms with Gasteiger partial charge in [-0.25, -0.2) is 4.98 Å². The Labute approximate surface area is 102 Å². The Morgan fingerprint density at radius 1 is 1.29 bits per heavy atom. The zero-order valence-corrected chi connectivity index (χ0v) is 9.97. The minimum Gasteiger partial charge on any atom is -0.368 e. The van der Waals surface area contributed by atoms with Crippen molar-refractivity contribution in [3.05, 3.63) is 24.0 Å². The summed E-state index contributed by atoms with van der Waals surface area (Å²) in [5.74, 6) is 0.877. The summed E-state index contributed by atoms with van der Waals surface area (Å²) in [5, 5.41) is 8.91. The number of nitriles is 1. The Morgan fingerprint density at radius 3 is 3.06 bits per heavy atom. The van der Waals surface area contributed by atoms with E-state index in [1.54, 1.807) is 6.20 Å². The molecule has 2 aliphatic rings. The van der Waals surface area contributed by atoms with E-state index in [1.165, 1.54) is 37.8 Å². The number of fused-ring (bicyclic) bond motifs is 1. The summed E-state index contributed by atoms with van der Waals surface area (Å²) in [6.45, 7) is 1.14. The van der Waals surface area contributed by atoms with Gasteiger partial charge in [0, 0.05) is 24.5 Å². The van der Waals surface area contributed by atoms with Crippen LogP contribution >= 0.6 is 0 Å². The summed E-state index contributed by atoms with van der Waals surface area (Å²) in [5.41, 5.74) is 1.72. The summed E-state index contributed by atoms with van der Waals surface area (Å²) in [4.78, 5) is 6.54. The minimum absolute atomic E-state index is 0.529. The number of nitrogens with zero attached hydrogens (tertiary/aromatic N) is 3. The van der Waals surface area contributed by atoms with Crippen LogP contribution in [0.25, 0.3) is 0 Å². The molecule has 2 heterocycles. The number of aromatic nitrogens is 1. The fourth-order valence-electron chi connectivity index (χ4n) is 3.39. The average Bonchev–Trinajstić information content (AvgIpc) is 2.82.